The zero-order chi connectivity index (χ0) is 15.1. The topological polar surface area (TPSA) is 73.6 Å². The monoisotopic (exact) mass is 290 g/mol. The van der Waals surface area contributed by atoms with E-state index in [-0.39, 0.29) is 5.69 Å². The van der Waals surface area contributed by atoms with Crippen LogP contribution in [0.4, 0.5) is 6.01 Å². The number of rotatable bonds is 7. The van der Waals surface area contributed by atoms with Crippen LogP contribution in [0, 0.1) is 0 Å². The highest BCUT2D eigenvalue weighted by molar-refractivity contribution is 5.87. The molecule has 0 saturated carbocycles. The van der Waals surface area contributed by atoms with E-state index in [4.69, 9.17) is 13.9 Å². The predicted molar refractivity (Wildman–Crippen MR) is 77.6 cm³/mol. The van der Waals surface area contributed by atoms with Crippen LogP contribution in [0.1, 0.15) is 23.0 Å². The zero-order valence-corrected chi connectivity index (χ0v) is 12.1. The highest BCUT2D eigenvalue weighted by atomic mass is 16.5. The Kier molecular flexibility index (Phi) is 5.20. The van der Waals surface area contributed by atoms with Crippen molar-refractivity contribution in [2.45, 2.75) is 13.3 Å². The van der Waals surface area contributed by atoms with E-state index in [1.165, 1.54) is 6.26 Å². The molecule has 1 N–H and O–H groups in total. The molecular weight excluding hydrogens is 272 g/mol. The van der Waals surface area contributed by atoms with Gasteiger partial charge in [-0.1, -0.05) is 12.1 Å². The fourth-order valence-corrected chi connectivity index (χ4v) is 1.80. The third-order valence-electron chi connectivity index (χ3n) is 2.81. The van der Waals surface area contributed by atoms with Crippen LogP contribution in [0.3, 0.4) is 0 Å². The largest absolute Gasteiger partial charge is 0.497 e. The van der Waals surface area contributed by atoms with Crippen molar-refractivity contribution in [1.82, 2.24) is 4.98 Å². The maximum absolute atomic E-state index is 11.4. The lowest BCUT2D eigenvalue weighted by molar-refractivity contribution is 0.0519. The van der Waals surface area contributed by atoms with Gasteiger partial charge in [0.25, 0.3) is 6.01 Å². The predicted octanol–water partition coefficient (Wildman–Crippen LogP) is 2.51. The van der Waals surface area contributed by atoms with Crippen LogP contribution in [0.5, 0.6) is 5.75 Å². The number of methoxy groups -OCH3 is 1. The van der Waals surface area contributed by atoms with Crippen LogP contribution in [-0.2, 0) is 11.2 Å². The van der Waals surface area contributed by atoms with Crippen LogP contribution in [0.25, 0.3) is 0 Å². The van der Waals surface area contributed by atoms with Crippen molar-refractivity contribution >= 4 is 12.0 Å². The highest BCUT2D eigenvalue weighted by Gasteiger charge is 2.12. The minimum absolute atomic E-state index is 0.167. The summed E-state index contributed by atoms with van der Waals surface area (Å²) in [7, 11) is 1.64. The van der Waals surface area contributed by atoms with Gasteiger partial charge in [0.15, 0.2) is 5.69 Å². The Morgan fingerprint density at radius 3 is 3.05 bits per heavy atom. The number of ether oxygens (including phenoxy) is 2. The van der Waals surface area contributed by atoms with E-state index in [9.17, 15) is 4.79 Å². The Bertz CT molecular complexity index is 595. The smallest absolute Gasteiger partial charge is 0.360 e. The number of hydrogen-bond donors (Lipinski definition) is 1. The fourth-order valence-electron chi connectivity index (χ4n) is 1.80. The summed E-state index contributed by atoms with van der Waals surface area (Å²) in [6.07, 6.45) is 2.07. The molecule has 2 rings (SSSR count). The average Bonchev–Trinajstić information content (AvgIpc) is 2.97. The molecule has 1 aromatic carbocycles. The minimum Gasteiger partial charge on any atom is -0.497 e. The second kappa shape index (κ2) is 7.33. The summed E-state index contributed by atoms with van der Waals surface area (Å²) in [6, 6.07) is 8.14. The summed E-state index contributed by atoms with van der Waals surface area (Å²) in [5.74, 6) is 0.343. The van der Waals surface area contributed by atoms with Gasteiger partial charge in [0, 0.05) is 6.54 Å². The van der Waals surface area contributed by atoms with Crippen molar-refractivity contribution in [3.63, 3.8) is 0 Å². The molecule has 21 heavy (non-hydrogen) atoms. The molecule has 2 aromatic rings. The van der Waals surface area contributed by atoms with Gasteiger partial charge >= 0.3 is 5.97 Å². The summed E-state index contributed by atoms with van der Waals surface area (Å²) in [5.41, 5.74) is 1.31. The first-order valence-electron chi connectivity index (χ1n) is 6.72. The second-order valence-electron chi connectivity index (χ2n) is 4.29. The van der Waals surface area contributed by atoms with Crippen molar-refractivity contribution in [3.8, 4) is 5.75 Å². The first kappa shape index (κ1) is 14.9. The van der Waals surface area contributed by atoms with Gasteiger partial charge < -0.3 is 19.2 Å². The maximum Gasteiger partial charge on any atom is 0.360 e. The number of carbonyl (C=O) groups excluding carboxylic acids is 1. The number of anilines is 1. The van der Waals surface area contributed by atoms with E-state index >= 15 is 0 Å². The van der Waals surface area contributed by atoms with E-state index in [0.29, 0.717) is 19.2 Å². The van der Waals surface area contributed by atoms with Gasteiger partial charge in [-0.05, 0) is 31.0 Å². The SMILES string of the molecule is CCOC(=O)c1coc(NCCc2cccc(OC)c2)n1. The molecule has 0 saturated heterocycles. The number of nitrogens with zero attached hydrogens (tertiary/aromatic N) is 1. The highest BCUT2D eigenvalue weighted by Crippen LogP contribution is 2.13. The minimum atomic E-state index is -0.484. The van der Waals surface area contributed by atoms with Gasteiger partial charge in [-0.3, -0.25) is 0 Å². The van der Waals surface area contributed by atoms with Crippen molar-refractivity contribution < 1.29 is 18.7 Å². The lowest BCUT2D eigenvalue weighted by Crippen LogP contribution is -2.07. The molecule has 0 radical (unpaired) electrons. The van der Waals surface area contributed by atoms with E-state index in [0.717, 1.165) is 17.7 Å². The Morgan fingerprint density at radius 2 is 2.29 bits per heavy atom. The summed E-state index contributed by atoms with van der Waals surface area (Å²) in [6.45, 7) is 2.69. The van der Waals surface area contributed by atoms with Crippen LogP contribution < -0.4 is 10.1 Å². The van der Waals surface area contributed by atoms with Gasteiger partial charge in [-0.25, -0.2) is 4.79 Å². The van der Waals surface area contributed by atoms with Crippen molar-refractivity contribution in [1.29, 1.82) is 0 Å². The van der Waals surface area contributed by atoms with Gasteiger partial charge in [0.1, 0.15) is 12.0 Å². The normalized spacial score (nSPS) is 10.2. The van der Waals surface area contributed by atoms with Gasteiger partial charge in [-0.2, -0.15) is 4.98 Å². The van der Waals surface area contributed by atoms with E-state index in [2.05, 4.69) is 10.3 Å². The quantitative estimate of drug-likeness (QED) is 0.790. The molecule has 0 unspecified atom stereocenters. The standard InChI is InChI=1S/C15H18N2O4/c1-3-20-14(18)13-10-21-15(17-13)16-8-7-11-5-4-6-12(9-11)19-2/h4-6,9-10H,3,7-8H2,1-2H3,(H,16,17). The van der Waals surface area contributed by atoms with Crippen molar-refractivity contribution in [2.24, 2.45) is 0 Å². The summed E-state index contributed by atoms with van der Waals surface area (Å²) in [5, 5.41) is 3.02. The molecule has 0 aliphatic heterocycles. The molecule has 0 amide bonds. The lowest BCUT2D eigenvalue weighted by atomic mass is 10.1. The summed E-state index contributed by atoms with van der Waals surface area (Å²) in [4.78, 5) is 15.5. The maximum atomic E-state index is 11.4. The van der Waals surface area contributed by atoms with Gasteiger partial charge in [0.05, 0.1) is 13.7 Å². The third kappa shape index (κ3) is 4.24. The summed E-state index contributed by atoms with van der Waals surface area (Å²) >= 11 is 0. The average molecular weight is 290 g/mol. The number of esters is 1. The fraction of sp³-hybridized carbons (Fsp3) is 0.333. The van der Waals surface area contributed by atoms with E-state index in [1.807, 2.05) is 24.3 Å². The number of oxazole rings is 1. The van der Waals surface area contributed by atoms with Crippen LogP contribution in [-0.4, -0.2) is 31.2 Å². The third-order valence-corrected chi connectivity index (χ3v) is 2.81. The Morgan fingerprint density at radius 1 is 1.43 bits per heavy atom. The number of carbonyl (C=O) groups is 1. The molecule has 1 heterocycles. The van der Waals surface area contributed by atoms with Gasteiger partial charge in [0.2, 0.25) is 0 Å². The molecule has 112 valence electrons. The Labute approximate surface area is 123 Å². The molecule has 0 atom stereocenters. The van der Waals surface area contributed by atoms with Crippen molar-refractivity contribution in [3.05, 3.63) is 41.8 Å². The first-order chi connectivity index (χ1) is 10.2. The molecule has 0 bridgehead atoms. The molecule has 0 spiro atoms. The first-order valence-corrected chi connectivity index (χ1v) is 6.72. The number of aromatic nitrogens is 1. The Balaban J connectivity index is 1.84. The Hall–Kier alpha value is -2.50. The molecule has 6 nitrogen and oxygen atoms in total. The number of hydrogen-bond acceptors (Lipinski definition) is 6. The second-order valence-corrected chi connectivity index (χ2v) is 4.29. The van der Waals surface area contributed by atoms with Crippen LogP contribution >= 0.6 is 0 Å². The van der Waals surface area contributed by atoms with Gasteiger partial charge in [-0.15, -0.1) is 0 Å². The van der Waals surface area contributed by atoms with Crippen molar-refractivity contribution in [2.75, 3.05) is 25.6 Å². The van der Waals surface area contributed by atoms with Crippen LogP contribution in [0.15, 0.2) is 34.9 Å². The lowest BCUT2D eigenvalue weighted by Gasteiger charge is -2.04. The molecule has 0 aliphatic carbocycles. The molecule has 0 fully saturated rings. The zero-order valence-electron chi connectivity index (χ0n) is 12.1. The number of nitrogens with one attached hydrogen (secondary N) is 1. The number of benzene rings is 1. The molecule has 1 aromatic heterocycles. The molecule has 6 heteroatoms. The van der Waals surface area contributed by atoms with E-state index in [1.54, 1.807) is 14.0 Å². The summed E-state index contributed by atoms with van der Waals surface area (Å²) < 4.78 is 15.2. The molecule has 0 aliphatic rings. The van der Waals surface area contributed by atoms with Crippen LogP contribution in [0.2, 0.25) is 0 Å². The van der Waals surface area contributed by atoms with E-state index < -0.39 is 5.97 Å². The molecular formula is C15H18N2O4.